The van der Waals surface area contributed by atoms with Gasteiger partial charge in [-0.3, -0.25) is 9.36 Å². The lowest BCUT2D eigenvalue weighted by Crippen LogP contribution is -2.37. The zero-order valence-corrected chi connectivity index (χ0v) is 39.2. The number of esters is 1. The molecule has 0 amide bonds. The van der Waals surface area contributed by atoms with Gasteiger partial charge >= 0.3 is 5.97 Å². The number of quaternary nitrogens is 1. The molecule has 0 aliphatic heterocycles. The number of hydrogen-bond acceptors (Lipinski definition) is 7. The van der Waals surface area contributed by atoms with Gasteiger partial charge in [-0.15, -0.1) is 0 Å². The molecular formula is C48H94NO7P. The van der Waals surface area contributed by atoms with Gasteiger partial charge in [0.25, 0.3) is 7.82 Å². The predicted molar refractivity (Wildman–Crippen MR) is 240 cm³/mol. The molecule has 338 valence electrons. The Labute approximate surface area is 353 Å². The molecule has 0 aliphatic carbocycles. The summed E-state index contributed by atoms with van der Waals surface area (Å²) in [4.78, 5) is 25.1. The molecule has 0 N–H and O–H groups in total. The fourth-order valence-corrected chi connectivity index (χ4v) is 7.44. The van der Waals surface area contributed by atoms with Gasteiger partial charge in [0.1, 0.15) is 19.3 Å². The second-order valence-electron chi connectivity index (χ2n) is 17.5. The molecule has 0 aromatic carbocycles. The van der Waals surface area contributed by atoms with Crippen LogP contribution < -0.4 is 4.89 Å². The number of unbranched alkanes of at least 4 members (excludes halogenated alkanes) is 27. The highest BCUT2D eigenvalue weighted by atomic mass is 31.2. The van der Waals surface area contributed by atoms with Crippen LogP contribution in [0.4, 0.5) is 0 Å². The minimum atomic E-state index is -4.53. The molecule has 2 atom stereocenters. The van der Waals surface area contributed by atoms with Gasteiger partial charge in [0.2, 0.25) is 0 Å². The Hall–Kier alpha value is -1.02. The van der Waals surface area contributed by atoms with E-state index in [2.05, 4.69) is 38.2 Å². The van der Waals surface area contributed by atoms with Crippen LogP contribution in [0.25, 0.3) is 0 Å². The van der Waals surface area contributed by atoms with Crippen LogP contribution in [0.5, 0.6) is 0 Å². The molecule has 0 aliphatic rings. The highest BCUT2D eigenvalue weighted by Gasteiger charge is 2.20. The van der Waals surface area contributed by atoms with E-state index in [1.165, 1.54) is 167 Å². The Morgan fingerprint density at radius 2 is 0.912 bits per heavy atom. The summed E-state index contributed by atoms with van der Waals surface area (Å²) in [5.74, 6) is -0.338. The second kappa shape index (κ2) is 41.7. The van der Waals surface area contributed by atoms with Gasteiger partial charge in [0.15, 0.2) is 0 Å². The second-order valence-corrected chi connectivity index (χ2v) is 18.9. The van der Waals surface area contributed by atoms with Gasteiger partial charge in [0.05, 0.1) is 34.4 Å². The largest absolute Gasteiger partial charge is 0.756 e. The zero-order chi connectivity index (χ0) is 42.0. The maximum Gasteiger partial charge on any atom is 0.306 e. The molecular weight excluding hydrogens is 734 g/mol. The summed E-state index contributed by atoms with van der Waals surface area (Å²) in [5, 5.41) is 0. The standard InChI is InChI=1S/C48H94NO7P/c1-6-8-10-12-14-16-18-20-22-24-25-27-29-31-33-35-37-39-41-48(50)56-47(46-55-57(51,52)54-44-42-49(3,4)5)45-53-43-40-38-36-34-32-30-28-26-23-21-19-17-15-13-11-9-7-2/h22-24,26,47H,6-21,25,27-46H2,1-5H3/b24-22-,26-23-. The third kappa shape index (κ3) is 45.9. The van der Waals surface area contributed by atoms with Crippen molar-refractivity contribution in [3.63, 3.8) is 0 Å². The van der Waals surface area contributed by atoms with Crippen LogP contribution in [0.15, 0.2) is 24.3 Å². The summed E-state index contributed by atoms with van der Waals surface area (Å²) in [7, 11) is 1.36. The number of allylic oxidation sites excluding steroid dienone is 4. The summed E-state index contributed by atoms with van der Waals surface area (Å²) in [6, 6.07) is 0. The quantitative estimate of drug-likeness (QED) is 0.0198. The SMILES string of the molecule is CCCCCCCCC/C=C\CCCCCCCCCC(=O)OC(COCCCCCCCC/C=C\CCCCCCCCC)COP(=O)([O-])OCC[N+](C)(C)C. The summed E-state index contributed by atoms with van der Waals surface area (Å²) in [5.41, 5.74) is 0. The molecule has 0 saturated carbocycles. The number of likely N-dealkylation sites (N-methyl/N-ethyl adjacent to an activating group) is 1. The Morgan fingerprint density at radius 1 is 0.526 bits per heavy atom. The number of ether oxygens (including phenoxy) is 2. The van der Waals surface area contributed by atoms with Crippen LogP contribution in [0, 0.1) is 0 Å². The first kappa shape index (κ1) is 56.0. The molecule has 0 aromatic rings. The first-order valence-corrected chi connectivity index (χ1v) is 25.5. The number of carbonyl (C=O) groups is 1. The van der Waals surface area contributed by atoms with Crippen LogP contribution in [0.1, 0.15) is 219 Å². The third-order valence-electron chi connectivity index (χ3n) is 10.5. The van der Waals surface area contributed by atoms with E-state index in [1.807, 2.05) is 21.1 Å². The van der Waals surface area contributed by atoms with Crippen LogP contribution >= 0.6 is 7.82 Å². The van der Waals surface area contributed by atoms with Gasteiger partial charge in [-0.25, -0.2) is 0 Å². The molecule has 2 unspecified atom stereocenters. The Bertz CT molecular complexity index is 967. The number of carbonyl (C=O) groups excluding carboxylic acids is 1. The Morgan fingerprint density at radius 3 is 1.33 bits per heavy atom. The van der Waals surface area contributed by atoms with E-state index in [1.54, 1.807) is 0 Å². The van der Waals surface area contributed by atoms with E-state index in [4.69, 9.17) is 18.5 Å². The van der Waals surface area contributed by atoms with Gasteiger partial charge in [-0.05, 0) is 64.2 Å². The van der Waals surface area contributed by atoms with Crippen molar-refractivity contribution in [2.75, 3.05) is 54.1 Å². The van der Waals surface area contributed by atoms with Crippen molar-refractivity contribution in [2.24, 2.45) is 0 Å². The van der Waals surface area contributed by atoms with Crippen LogP contribution in [-0.4, -0.2) is 70.7 Å². The predicted octanol–water partition coefficient (Wildman–Crippen LogP) is 13.8. The van der Waals surface area contributed by atoms with Crippen molar-refractivity contribution < 1.29 is 37.3 Å². The molecule has 0 aromatic heterocycles. The molecule has 0 rings (SSSR count). The minimum absolute atomic E-state index is 0.0254. The highest BCUT2D eigenvalue weighted by molar-refractivity contribution is 7.45. The van der Waals surface area contributed by atoms with E-state index in [0.29, 0.717) is 24.1 Å². The summed E-state index contributed by atoms with van der Waals surface area (Å²) in [6.07, 6.45) is 47.6. The van der Waals surface area contributed by atoms with Crippen molar-refractivity contribution in [1.82, 2.24) is 0 Å². The maximum atomic E-state index is 12.7. The van der Waals surface area contributed by atoms with E-state index < -0.39 is 13.9 Å². The van der Waals surface area contributed by atoms with E-state index in [9.17, 15) is 14.3 Å². The summed E-state index contributed by atoms with van der Waals surface area (Å²) in [6.45, 7) is 5.42. The maximum absolute atomic E-state index is 12.7. The molecule has 0 radical (unpaired) electrons. The topological polar surface area (TPSA) is 94.1 Å². The van der Waals surface area contributed by atoms with Crippen LogP contribution in [0.2, 0.25) is 0 Å². The number of phosphoric ester groups is 1. The van der Waals surface area contributed by atoms with E-state index >= 15 is 0 Å². The molecule has 0 saturated heterocycles. The van der Waals surface area contributed by atoms with Gasteiger partial charge in [-0.1, -0.05) is 173 Å². The van der Waals surface area contributed by atoms with Crippen molar-refractivity contribution in [1.29, 1.82) is 0 Å². The lowest BCUT2D eigenvalue weighted by atomic mass is 10.1. The summed E-state index contributed by atoms with van der Waals surface area (Å²) < 4.78 is 34.7. The normalized spacial score (nSPS) is 13.9. The lowest BCUT2D eigenvalue weighted by molar-refractivity contribution is -0.870. The number of nitrogens with zero attached hydrogens (tertiary/aromatic N) is 1. The van der Waals surface area contributed by atoms with Crippen LogP contribution in [-0.2, 0) is 27.9 Å². The monoisotopic (exact) mass is 828 g/mol. The van der Waals surface area contributed by atoms with Crippen molar-refractivity contribution in [3.8, 4) is 0 Å². The first-order chi connectivity index (χ1) is 27.6. The molecule has 9 heteroatoms. The minimum Gasteiger partial charge on any atom is -0.756 e. The molecule has 57 heavy (non-hydrogen) atoms. The molecule has 0 heterocycles. The fraction of sp³-hybridized carbons (Fsp3) is 0.896. The highest BCUT2D eigenvalue weighted by Crippen LogP contribution is 2.38. The third-order valence-corrected chi connectivity index (χ3v) is 11.4. The number of hydrogen-bond donors (Lipinski definition) is 0. The fourth-order valence-electron chi connectivity index (χ4n) is 6.71. The molecule has 0 spiro atoms. The van der Waals surface area contributed by atoms with Crippen LogP contribution in [0.3, 0.4) is 0 Å². The van der Waals surface area contributed by atoms with E-state index in [-0.39, 0.29) is 25.8 Å². The van der Waals surface area contributed by atoms with Gasteiger partial charge in [0, 0.05) is 13.0 Å². The Kier molecular flexibility index (Phi) is 41.0. The first-order valence-electron chi connectivity index (χ1n) is 24.1. The van der Waals surface area contributed by atoms with E-state index in [0.717, 1.165) is 32.1 Å². The average Bonchev–Trinajstić information content (AvgIpc) is 3.16. The molecule has 0 fully saturated rings. The number of rotatable bonds is 45. The number of phosphoric acid groups is 1. The van der Waals surface area contributed by atoms with Crippen molar-refractivity contribution in [2.45, 2.75) is 225 Å². The Balaban J connectivity index is 4.19. The smallest absolute Gasteiger partial charge is 0.306 e. The van der Waals surface area contributed by atoms with Crippen molar-refractivity contribution >= 4 is 13.8 Å². The average molecular weight is 828 g/mol. The summed E-state index contributed by atoms with van der Waals surface area (Å²) >= 11 is 0. The molecule has 0 bridgehead atoms. The zero-order valence-electron chi connectivity index (χ0n) is 38.3. The molecule has 8 nitrogen and oxygen atoms in total. The van der Waals surface area contributed by atoms with Gasteiger partial charge < -0.3 is 27.9 Å². The van der Waals surface area contributed by atoms with Crippen molar-refractivity contribution in [3.05, 3.63) is 24.3 Å². The lowest BCUT2D eigenvalue weighted by Gasteiger charge is -2.28. The van der Waals surface area contributed by atoms with Gasteiger partial charge in [-0.2, -0.15) is 0 Å².